The summed E-state index contributed by atoms with van der Waals surface area (Å²) in [6.07, 6.45) is 3.74. The smallest absolute Gasteiger partial charge is 0.150 e. The number of benzene rings is 1. The predicted molar refractivity (Wildman–Crippen MR) is 81.4 cm³/mol. The second kappa shape index (κ2) is 6.05. The third-order valence-corrected chi connectivity index (χ3v) is 6.41. The molecule has 0 radical (unpaired) electrons. The Kier molecular flexibility index (Phi) is 4.31. The van der Waals surface area contributed by atoms with Gasteiger partial charge in [-0.15, -0.1) is 0 Å². The van der Waals surface area contributed by atoms with Crippen molar-refractivity contribution in [2.45, 2.75) is 31.7 Å². The van der Waals surface area contributed by atoms with Crippen molar-refractivity contribution in [2.75, 3.05) is 18.1 Å². The summed E-state index contributed by atoms with van der Waals surface area (Å²) in [6.45, 7) is 0.791. The Hall–Kier alpha value is -0.940. The van der Waals surface area contributed by atoms with E-state index in [1.807, 2.05) is 12.1 Å². The molecule has 0 amide bonds. The van der Waals surface area contributed by atoms with Crippen molar-refractivity contribution in [1.29, 1.82) is 0 Å². The second-order valence-corrected chi connectivity index (χ2v) is 8.63. The first-order valence-electron chi connectivity index (χ1n) is 7.71. The molecule has 1 aromatic rings. The van der Waals surface area contributed by atoms with Crippen molar-refractivity contribution in [3.8, 4) is 0 Å². The van der Waals surface area contributed by atoms with Crippen LogP contribution in [0.4, 0.5) is 4.39 Å². The van der Waals surface area contributed by atoms with Gasteiger partial charge in [0, 0.05) is 6.04 Å². The zero-order valence-corrected chi connectivity index (χ0v) is 12.9. The van der Waals surface area contributed by atoms with E-state index in [0.29, 0.717) is 24.4 Å². The minimum Gasteiger partial charge on any atom is -0.314 e. The van der Waals surface area contributed by atoms with Gasteiger partial charge in [0.25, 0.3) is 0 Å². The Morgan fingerprint density at radius 3 is 2.62 bits per heavy atom. The maximum atomic E-state index is 13.9. The number of hydrogen-bond donors (Lipinski definition) is 1. The zero-order chi connectivity index (χ0) is 14.9. The van der Waals surface area contributed by atoms with Gasteiger partial charge in [-0.1, -0.05) is 18.2 Å². The van der Waals surface area contributed by atoms with Gasteiger partial charge in [-0.25, -0.2) is 12.8 Å². The summed E-state index contributed by atoms with van der Waals surface area (Å²) in [7, 11) is -2.89. The fourth-order valence-corrected chi connectivity index (χ4v) is 5.07. The molecule has 1 saturated carbocycles. The van der Waals surface area contributed by atoms with E-state index in [4.69, 9.17) is 0 Å². The van der Waals surface area contributed by atoms with E-state index >= 15 is 0 Å². The van der Waals surface area contributed by atoms with Crippen LogP contribution in [-0.2, 0) is 16.3 Å². The Balaban J connectivity index is 1.70. The molecule has 0 aromatic heterocycles. The number of sulfone groups is 1. The van der Waals surface area contributed by atoms with E-state index in [1.54, 1.807) is 6.07 Å². The summed E-state index contributed by atoms with van der Waals surface area (Å²) in [4.78, 5) is 0. The van der Waals surface area contributed by atoms with Crippen molar-refractivity contribution in [3.05, 3.63) is 35.6 Å². The highest BCUT2D eigenvalue weighted by atomic mass is 32.2. The van der Waals surface area contributed by atoms with Crippen LogP contribution in [0.3, 0.4) is 0 Å². The molecule has 21 heavy (non-hydrogen) atoms. The van der Waals surface area contributed by atoms with Gasteiger partial charge >= 0.3 is 0 Å². The standard InChI is InChI=1S/C16H22FNO2S/c17-16-4-2-1-3-12(16)9-14(10-18-15-5-6-15)13-7-8-21(19,20)11-13/h1-4,13-15,18H,5-11H2. The largest absolute Gasteiger partial charge is 0.314 e. The Bertz CT molecular complexity index is 598. The summed E-state index contributed by atoms with van der Waals surface area (Å²) in [5.74, 6) is 0.711. The molecule has 5 heteroatoms. The Labute approximate surface area is 125 Å². The van der Waals surface area contributed by atoms with E-state index in [9.17, 15) is 12.8 Å². The van der Waals surface area contributed by atoms with Crippen LogP contribution in [0.1, 0.15) is 24.8 Å². The molecule has 2 unspecified atom stereocenters. The normalized spacial score (nSPS) is 25.9. The number of hydrogen-bond acceptors (Lipinski definition) is 3. The third-order valence-electron chi connectivity index (χ3n) is 4.62. The number of rotatable bonds is 6. The van der Waals surface area contributed by atoms with Crippen LogP contribution in [0.15, 0.2) is 24.3 Å². The first-order valence-corrected chi connectivity index (χ1v) is 9.53. The average molecular weight is 311 g/mol. The van der Waals surface area contributed by atoms with Crippen LogP contribution in [0.2, 0.25) is 0 Å². The van der Waals surface area contributed by atoms with Crippen molar-refractivity contribution < 1.29 is 12.8 Å². The molecule has 2 atom stereocenters. The molecule has 1 aliphatic carbocycles. The van der Waals surface area contributed by atoms with E-state index in [-0.39, 0.29) is 29.2 Å². The van der Waals surface area contributed by atoms with E-state index < -0.39 is 9.84 Å². The van der Waals surface area contributed by atoms with Gasteiger partial charge in [-0.2, -0.15) is 0 Å². The third kappa shape index (κ3) is 4.04. The van der Waals surface area contributed by atoms with Gasteiger partial charge in [-0.05, 0) is 55.7 Å². The molecule has 1 aliphatic heterocycles. The molecule has 2 aliphatic rings. The molecule has 1 aromatic carbocycles. The lowest BCUT2D eigenvalue weighted by Crippen LogP contribution is -2.32. The lowest BCUT2D eigenvalue weighted by Gasteiger charge is -2.23. The minimum atomic E-state index is -2.89. The summed E-state index contributed by atoms with van der Waals surface area (Å²) in [5.41, 5.74) is 0.699. The van der Waals surface area contributed by atoms with Crippen LogP contribution in [0.5, 0.6) is 0 Å². The summed E-state index contributed by atoms with van der Waals surface area (Å²) < 4.78 is 37.3. The molecule has 1 N–H and O–H groups in total. The monoisotopic (exact) mass is 311 g/mol. The van der Waals surface area contributed by atoms with Gasteiger partial charge in [0.05, 0.1) is 11.5 Å². The lowest BCUT2D eigenvalue weighted by atomic mass is 9.86. The molecule has 2 fully saturated rings. The summed E-state index contributed by atoms with van der Waals surface area (Å²) >= 11 is 0. The van der Waals surface area contributed by atoms with Crippen LogP contribution in [-0.4, -0.2) is 32.5 Å². The van der Waals surface area contributed by atoms with E-state index in [2.05, 4.69) is 5.32 Å². The second-order valence-electron chi connectivity index (χ2n) is 6.40. The van der Waals surface area contributed by atoms with Crippen LogP contribution in [0, 0.1) is 17.7 Å². The van der Waals surface area contributed by atoms with Crippen LogP contribution in [0.25, 0.3) is 0 Å². The highest BCUT2D eigenvalue weighted by molar-refractivity contribution is 7.91. The maximum absolute atomic E-state index is 13.9. The first kappa shape index (κ1) is 15.0. The van der Waals surface area contributed by atoms with Crippen LogP contribution >= 0.6 is 0 Å². The molecule has 3 nitrogen and oxygen atoms in total. The SMILES string of the molecule is O=S1(=O)CCC(C(CNC2CC2)Cc2ccccc2F)C1. The molecule has 1 heterocycles. The minimum absolute atomic E-state index is 0.154. The highest BCUT2D eigenvalue weighted by Crippen LogP contribution is 2.30. The highest BCUT2D eigenvalue weighted by Gasteiger charge is 2.34. The summed E-state index contributed by atoms with van der Waals surface area (Å²) in [5, 5.41) is 3.48. The molecule has 116 valence electrons. The topological polar surface area (TPSA) is 46.2 Å². The fourth-order valence-electron chi connectivity index (χ4n) is 3.15. The number of halogens is 1. The number of nitrogens with one attached hydrogen (secondary N) is 1. The Morgan fingerprint density at radius 2 is 2.00 bits per heavy atom. The molecule has 3 rings (SSSR count). The first-order chi connectivity index (χ1) is 10.0. The fraction of sp³-hybridized carbons (Fsp3) is 0.625. The van der Waals surface area contributed by atoms with Gasteiger partial charge < -0.3 is 5.32 Å². The molecular formula is C16H22FNO2S. The van der Waals surface area contributed by atoms with Crippen molar-refractivity contribution >= 4 is 9.84 Å². The van der Waals surface area contributed by atoms with E-state index in [0.717, 1.165) is 6.54 Å². The summed E-state index contributed by atoms with van der Waals surface area (Å²) in [6, 6.07) is 7.41. The molecule has 0 bridgehead atoms. The van der Waals surface area contributed by atoms with Crippen molar-refractivity contribution in [2.24, 2.45) is 11.8 Å². The van der Waals surface area contributed by atoms with Crippen molar-refractivity contribution in [1.82, 2.24) is 5.32 Å². The maximum Gasteiger partial charge on any atom is 0.150 e. The van der Waals surface area contributed by atoms with E-state index in [1.165, 1.54) is 18.9 Å². The van der Waals surface area contributed by atoms with Gasteiger partial charge in [-0.3, -0.25) is 0 Å². The lowest BCUT2D eigenvalue weighted by molar-refractivity contribution is 0.338. The van der Waals surface area contributed by atoms with Gasteiger partial charge in [0.15, 0.2) is 9.84 Å². The quantitative estimate of drug-likeness (QED) is 0.876. The molecule has 0 spiro atoms. The zero-order valence-electron chi connectivity index (χ0n) is 12.1. The van der Waals surface area contributed by atoms with Gasteiger partial charge in [0.1, 0.15) is 5.82 Å². The molecular weight excluding hydrogens is 289 g/mol. The van der Waals surface area contributed by atoms with Gasteiger partial charge in [0.2, 0.25) is 0 Å². The average Bonchev–Trinajstić information content (AvgIpc) is 3.19. The predicted octanol–water partition coefficient (Wildman–Crippen LogP) is 2.17. The molecule has 1 saturated heterocycles. The van der Waals surface area contributed by atoms with Crippen LogP contribution < -0.4 is 5.32 Å². The van der Waals surface area contributed by atoms with Crippen molar-refractivity contribution in [3.63, 3.8) is 0 Å². The Morgan fingerprint density at radius 1 is 1.24 bits per heavy atom.